The largest absolute Gasteiger partial charge is 0.416 e. The smallest absolute Gasteiger partial charge is 0.350 e. The van der Waals surface area contributed by atoms with Crippen LogP contribution in [0.5, 0.6) is 0 Å². The summed E-state index contributed by atoms with van der Waals surface area (Å²) >= 11 is 0. The molecule has 2 heterocycles. The standard InChI is InChI=1S/C18H18F3N5O2/c1-11(12-3-5-13(6-4-12)18(19,20)21)24-15(27)7-8-26-10-22-16-14(17(26)28)9-23-25(16)2/h3-6,9-11H,7-8H2,1-2H3,(H,24,27). The number of fused-ring (bicyclic) bond motifs is 1. The molecule has 1 unspecified atom stereocenters. The van der Waals surface area contributed by atoms with Gasteiger partial charge in [-0.1, -0.05) is 12.1 Å². The number of nitrogens with one attached hydrogen (secondary N) is 1. The molecule has 2 aromatic heterocycles. The van der Waals surface area contributed by atoms with E-state index in [1.807, 2.05) is 0 Å². The fourth-order valence-corrected chi connectivity index (χ4v) is 2.81. The SMILES string of the molecule is CC(NC(=O)CCn1cnc2c(cnn2C)c1=O)c1ccc(C(F)(F)F)cc1. The predicted octanol–water partition coefficient (Wildman–Crippen LogP) is 2.42. The number of carbonyl (C=O) groups is 1. The van der Waals surface area contributed by atoms with Gasteiger partial charge in [0.25, 0.3) is 5.56 Å². The summed E-state index contributed by atoms with van der Waals surface area (Å²) < 4.78 is 40.7. The second-order valence-electron chi connectivity index (χ2n) is 6.41. The molecule has 3 aromatic rings. The molecular weight excluding hydrogens is 375 g/mol. The lowest BCUT2D eigenvalue weighted by Gasteiger charge is -2.15. The fourth-order valence-electron chi connectivity index (χ4n) is 2.81. The summed E-state index contributed by atoms with van der Waals surface area (Å²) in [7, 11) is 1.68. The van der Waals surface area contributed by atoms with Crippen LogP contribution >= 0.6 is 0 Å². The Morgan fingerprint density at radius 3 is 2.57 bits per heavy atom. The van der Waals surface area contributed by atoms with E-state index in [0.717, 1.165) is 12.1 Å². The van der Waals surface area contributed by atoms with Crippen LogP contribution < -0.4 is 10.9 Å². The van der Waals surface area contributed by atoms with Crippen LogP contribution in [0.25, 0.3) is 11.0 Å². The highest BCUT2D eigenvalue weighted by Gasteiger charge is 2.30. The van der Waals surface area contributed by atoms with Crippen LogP contribution in [0.15, 0.2) is 41.6 Å². The Balaban J connectivity index is 1.61. The van der Waals surface area contributed by atoms with Crippen molar-refractivity contribution in [1.29, 1.82) is 0 Å². The second-order valence-corrected chi connectivity index (χ2v) is 6.41. The van der Waals surface area contributed by atoms with E-state index in [-0.39, 0.29) is 24.4 Å². The Hall–Kier alpha value is -3.17. The lowest BCUT2D eigenvalue weighted by atomic mass is 10.1. The van der Waals surface area contributed by atoms with Gasteiger partial charge >= 0.3 is 6.18 Å². The summed E-state index contributed by atoms with van der Waals surface area (Å²) in [6, 6.07) is 4.15. The highest BCUT2D eigenvalue weighted by Crippen LogP contribution is 2.29. The molecule has 7 nitrogen and oxygen atoms in total. The molecule has 0 aliphatic rings. The normalized spacial score (nSPS) is 12.9. The van der Waals surface area contributed by atoms with Gasteiger partial charge in [-0.2, -0.15) is 18.3 Å². The molecular formula is C18H18F3N5O2. The van der Waals surface area contributed by atoms with Gasteiger partial charge < -0.3 is 5.32 Å². The quantitative estimate of drug-likeness (QED) is 0.722. The Morgan fingerprint density at radius 2 is 1.93 bits per heavy atom. The Bertz CT molecular complexity index is 1050. The van der Waals surface area contributed by atoms with Crippen LogP contribution in [0.1, 0.15) is 30.5 Å². The van der Waals surface area contributed by atoms with E-state index in [0.29, 0.717) is 16.6 Å². The topological polar surface area (TPSA) is 81.8 Å². The van der Waals surface area contributed by atoms with Crippen LogP contribution in [0.3, 0.4) is 0 Å². The van der Waals surface area contributed by atoms with E-state index in [4.69, 9.17) is 0 Å². The molecule has 1 N–H and O–H groups in total. The molecule has 0 spiro atoms. The van der Waals surface area contributed by atoms with Gasteiger partial charge in [-0.05, 0) is 24.6 Å². The van der Waals surface area contributed by atoms with Crippen molar-refractivity contribution in [2.75, 3.05) is 0 Å². The van der Waals surface area contributed by atoms with Crippen LogP contribution in [-0.2, 0) is 24.6 Å². The van der Waals surface area contributed by atoms with E-state index < -0.39 is 17.8 Å². The summed E-state index contributed by atoms with van der Waals surface area (Å²) in [5, 5.41) is 7.06. The lowest BCUT2D eigenvalue weighted by Crippen LogP contribution is -2.29. The van der Waals surface area contributed by atoms with Crippen molar-refractivity contribution in [2.45, 2.75) is 32.1 Å². The van der Waals surface area contributed by atoms with Gasteiger partial charge in [0.2, 0.25) is 5.91 Å². The Kier molecular flexibility index (Phi) is 5.21. The zero-order chi connectivity index (χ0) is 20.5. The van der Waals surface area contributed by atoms with Gasteiger partial charge in [0.15, 0.2) is 5.65 Å². The van der Waals surface area contributed by atoms with Crippen LogP contribution in [0.2, 0.25) is 0 Å². The van der Waals surface area contributed by atoms with E-state index in [2.05, 4.69) is 15.4 Å². The van der Waals surface area contributed by atoms with E-state index in [9.17, 15) is 22.8 Å². The average molecular weight is 393 g/mol. The molecule has 1 atom stereocenters. The van der Waals surface area contributed by atoms with Crippen molar-refractivity contribution in [2.24, 2.45) is 7.05 Å². The van der Waals surface area contributed by atoms with Crippen LogP contribution in [0.4, 0.5) is 13.2 Å². The predicted molar refractivity (Wildman–Crippen MR) is 95.4 cm³/mol. The van der Waals surface area contributed by atoms with Crippen molar-refractivity contribution in [3.8, 4) is 0 Å². The summed E-state index contributed by atoms with van der Waals surface area (Å²) in [4.78, 5) is 28.7. The first kappa shape index (κ1) is 19.6. The number of aromatic nitrogens is 4. The van der Waals surface area contributed by atoms with Crippen molar-refractivity contribution >= 4 is 16.9 Å². The van der Waals surface area contributed by atoms with E-state index in [1.54, 1.807) is 14.0 Å². The maximum atomic E-state index is 12.6. The lowest BCUT2D eigenvalue weighted by molar-refractivity contribution is -0.137. The number of aryl methyl sites for hydroxylation is 2. The molecule has 148 valence electrons. The van der Waals surface area contributed by atoms with Crippen LogP contribution in [-0.4, -0.2) is 25.2 Å². The number of alkyl halides is 3. The van der Waals surface area contributed by atoms with Gasteiger partial charge in [0.05, 0.1) is 24.1 Å². The van der Waals surface area contributed by atoms with Crippen molar-refractivity contribution in [3.63, 3.8) is 0 Å². The molecule has 28 heavy (non-hydrogen) atoms. The van der Waals surface area contributed by atoms with Gasteiger partial charge in [0.1, 0.15) is 5.39 Å². The third kappa shape index (κ3) is 4.05. The first-order valence-electron chi connectivity index (χ1n) is 8.50. The third-order valence-electron chi connectivity index (χ3n) is 4.41. The number of rotatable bonds is 5. The maximum absolute atomic E-state index is 12.6. The van der Waals surface area contributed by atoms with Crippen molar-refractivity contribution in [3.05, 3.63) is 58.3 Å². The molecule has 0 fully saturated rings. The Morgan fingerprint density at radius 1 is 1.25 bits per heavy atom. The monoisotopic (exact) mass is 393 g/mol. The first-order chi connectivity index (χ1) is 13.2. The number of carbonyl (C=O) groups excluding carboxylic acids is 1. The number of nitrogens with zero attached hydrogens (tertiary/aromatic N) is 4. The van der Waals surface area contributed by atoms with Gasteiger partial charge in [-0.25, -0.2) is 4.98 Å². The zero-order valence-electron chi connectivity index (χ0n) is 15.2. The van der Waals surface area contributed by atoms with Gasteiger partial charge in [-0.15, -0.1) is 0 Å². The molecule has 0 aliphatic heterocycles. The molecule has 0 bridgehead atoms. The fraction of sp³-hybridized carbons (Fsp3) is 0.333. The molecule has 0 saturated carbocycles. The maximum Gasteiger partial charge on any atom is 0.416 e. The summed E-state index contributed by atoms with van der Waals surface area (Å²) in [5.41, 5.74) is -0.0206. The average Bonchev–Trinajstić information content (AvgIpc) is 3.02. The minimum Gasteiger partial charge on any atom is -0.350 e. The molecule has 10 heteroatoms. The summed E-state index contributed by atoms with van der Waals surface area (Å²) in [6.07, 6.45) is -1.59. The number of benzene rings is 1. The van der Waals surface area contributed by atoms with Crippen molar-refractivity contribution in [1.82, 2.24) is 24.6 Å². The molecule has 0 aliphatic carbocycles. The minimum absolute atomic E-state index is 0.0261. The highest BCUT2D eigenvalue weighted by atomic mass is 19.4. The number of amides is 1. The molecule has 0 radical (unpaired) electrons. The molecule has 1 aromatic carbocycles. The number of hydrogen-bond donors (Lipinski definition) is 1. The number of hydrogen-bond acceptors (Lipinski definition) is 4. The van der Waals surface area contributed by atoms with Gasteiger partial charge in [0, 0.05) is 20.0 Å². The van der Waals surface area contributed by atoms with E-state index >= 15 is 0 Å². The molecule has 1 amide bonds. The summed E-state index contributed by atoms with van der Waals surface area (Å²) in [6.45, 7) is 1.80. The minimum atomic E-state index is -4.40. The molecule has 0 saturated heterocycles. The van der Waals surface area contributed by atoms with Crippen molar-refractivity contribution < 1.29 is 18.0 Å². The third-order valence-corrected chi connectivity index (χ3v) is 4.41. The molecule has 3 rings (SSSR count). The van der Waals surface area contributed by atoms with Crippen LogP contribution in [0, 0.1) is 0 Å². The second kappa shape index (κ2) is 7.45. The first-order valence-corrected chi connectivity index (χ1v) is 8.50. The van der Waals surface area contributed by atoms with Gasteiger partial charge in [-0.3, -0.25) is 18.8 Å². The summed E-state index contributed by atoms with van der Waals surface area (Å²) in [5.74, 6) is -0.328. The Labute approximate surface area is 157 Å². The van der Waals surface area contributed by atoms with E-state index in [1.165, 1.54) is 33.9 Å². The number of halogens is 3. The highest BCUT2D eigenvalue weighted by molar-refractivity contribution is 5.76. The zero-order valence-corrected chi connectivity index (χ0v) is 15.2.